The van der Waals surface area contributed by atoms with Crippen LogP contribution in [0.25, 0.3) is 72.1 Å². The van der Waals surface area contributed by atoms with Gasteiger partial charge in [0.1, 0.15) is 23.0 Å². The predicted molar refractivity (Wildman–Crippen MR) is 202 cm³/mol. The van der Waals surface area contributed by atoms with Crippen molar-refractivity contribution in [2.45, 2.75) is 12.0 Å². The van der Waals surface area contributed by atoms with Crippen LogP contribution >= 0.6 is 0 Å². The van der Waals surface area contributed by atoms with Crippen molar-refractivity contribution in [3.05, 3.63) is 181 Å². The van der Waals surface area contributed by atoms with Crippen molar-refractivity contribution < 1.29 is 9.15 Å². The molecule has 0 saturated carbocycles. The molecule has 10 rings (SSSR count). The van der Waals surface area contributed by atoms with Gasteiger partial charge in [-0.2, -0.15) is 0 Å². The quantitative estimate of drug-likeness (QED) is 0.187. The van der Waals surface area contributed by atoms with E-state index in [2.05, 4.69) is 137 Å². The van der Waals surface area contributed by atoms with Gasteiger partial charge in [0.25, 0.3) is 0 Å². The molecular weight excluding hydrogens is 613 g/mol. The van der Waals surface area contributed by atoms with E-state index in [-0.39, 0.29) is 12.0 Å². The lowest BCUT2D eigenvalue weighted by Gasteiger charge is -2.18. The molecule has 0 fully saturated rings. The molecule has 2 unspecified atom stereocenters. The number of ether oxygens (including phenoxy) is 1. The van der Waals surface area contributed by atoms with Gasteiger partial charge in [-0.1, -0.05) is 91.0 Å². The summed E-state index contributed by atoms with van der Waals surface area (Å²) >= 11 is 0. The molecule has 0 bridgehead atoms. The lowest BCUT2D eigenvalue weighted by molar-refractivity contribution is 0.269. The van der Waals surface area contributed by atoms with Crippen LogP contribution in [-0.2, 0) is 0 Å². The zero-order chi connectivity index (χ0) is 33.0. The Morgan fingerprint density at radius 1 is 0.480 bits per heavy atom. The molecule has 0 radical (unpaired) electrons. The maximum absolute atomic E-state index is 6.13. The van der Waals surface area contributed by atoms with E-state index in [1.807, 2.05) is 42.7 Å². The molecule has 1 aliphatic heterocycles. The Hall–Kier alpha value is -6.52. The fourth-order valence-corrected chi connectivity index (χ4v) is 7.39. The minimum Gasteiger partial charge on any atom is -0.483 e. The second kappa shape index (κ2) is 11.6. The summed E-state index contributed by atoms with van der Waals surface area (Å²) in [6, 6.07) is 49.3. The lowest BCUT2D eigenvalue weighted by Crippen LogP contribution is -2.17. The van der Waals surface area contributed by atoms with Crippen LogP contribution in [0.5, 0.6) is 5.75 Å². The molecule has 0 amide bonds. The fraction of sp³-hybridized carbons (Fsp3) is 0.0435. The molecule has 0 saturated heterocycles. The zero-order valence-electron chi connectivity index (χ0n) is 27.0. The van der Waals surface area contributed by atoms with E-state index in [1.165, 1.54) is 44.5 Å². The van der Waals surface area contributed by atoms with Gasteiger partial charge in [0.15, 0.2) is 5.58 Å². The molecule has 4 heterocycles. The molecule has 2 atom stereocenters. The smallest absolute Gasteiger partial charge is 0.153 e. The normalized spacial score (nSPS) is 16.2. The summed E-state index contributed by atoms with van der Waals surface area (Å²) in [5.41, 5.74) is 15.3. The van der Waals surface area contributed by atoms with Crippen LogP contribution in [0.3, 0.4) is 0 Å². The van der Waals surface area contributed by atoms with Crippen molar-refractivity contribution >= 4 is 27.6 Å². The molecule has 1 aliphatic carbocycles. The van der Waals surface area contributed by atoms with Gasteiger partial charge in [0, 0.05) is 17.8 Å². The summed E-state index contributed by atoms with van der Waals surface area (Å²) in [5, 5.41) is 1.03. The number of rotatable bonds is 5. The number of benzene rings is 5. The number of fused-ring (bicyclic) bond motifs is 6. The standard InChI is InChI=1S/C46H30N2O2/c1-7-29(23-31(9-1)33-11-3-13-35(25-33)37-17-19-41-39(27-37)45-43(49-41)15-5-21-47-45)30-8-2-10-32(24-30)34-12-4-14-36(26-34)38-18-20-42-40(28-38)46-44(50-42)16-6-22-48-46/h1-28,39,41H. The number of nitrogens with zero attached hydrogens (tertiary/aromatic N) is 2. The first-order chi connectivity index (χ1) is 24.7. The number of aromatic nitrogens is 2. The minimum atomic E-state index is 0.00606. The average molecular weight is 643 g/mol. The predicted octanol–water partition coefficient (Wildman–Crippen LogP) is 11.5. The molecule has 5 aromatic carbocycles. The first kappa shape index (κ1) is 28.5. The van der Waals surface area contributed by atoms with Gasteiger partial charge in [-0.05, 0) is 122 Å². The number of pyridine rings is 2. The number of hydrogen-bond acceptors (Lipinski definition) is 4. The van der Waals surface area contributed by atoms with E-state index >= 15 is 0 Å². The second-order valence-corrected chi connectivity index (χ2v) is 13.0. The number of furan rings is 1. The van der Waals surface area contributed by atoms with Crippen LogP contribution in [0.1, 0.15) is 17.2 Å². The highest BCUT2D eigenvalue weighted by atomic mass is 16.5. The van der Waals surface area contributed by atoms with Gasteiger partial charge in [0.2, 0.25) is 0 Å². The van der Waals surface area contributed by atoms with Gasteiger partial charge in [-0.25, -0.2) is 0 Å². The maximum Gasteiger partial charge on any atom is 0.153 e. The molecule has 8 aromatic rings. The van der Waals surface area contributed by atoms with Crippen LogP contribution in [-0.4, -0.2) is 16.1 Å². The number of allylic oxidation sites excluding steroid dienone is 2. The highest BCUT2D eigenvalue weighted by Gasteiger charge is 2.34. The summed E-state index contributed by atoms with van der Waals surface area (Å²) in [7, 11) is 0. The third-order valence-electron chi connectivity index (χ3n) is 9.90. The van der Waals surface area contributed by atoms with E-state index < -0.39 is 0 Å². The maximum atomic E-state index is 6.13. The van der Waals surface area contributed by atoms with E-state index in [0.717, 1.165) is 44.6 Å². The molecule has 2 aliphatic rings. The van der Waals surface area contributed by atoms with Gasteiger partial charge >= 0.3 is 0 Å². The highest BCUT2D eigenvalue weighted by molar-refractivity contribution is 6.04. The van der Waals surface area contributed by atoms with Gasteiger partial charge in [-0.15, -0.1) is 0 Å². The monoisotopic (exact) mass is 642 g/mol. The van der Waals surface area contributed by atoms with Gasteiger partial charge in [0.05, 0.1) is 11.6 Å². The van der Waals surface area contributed by atoms with Crippen LogP contribution in [0.4, 0.5) is 0 Å². The Kier molecular flexibility index (Phi) is 6.59. The van der Waals surface area contributed by atoms with Crippen molar-refractivity contribution in [3.63, 3.8) is 0 Å². The first-order valence-electron chi connectivity index (χ1n) is 16.9. The average Bonchev–Trinajstić information content (AvgIpc) is 3.76. The van der Waals surface area contributed by atoms with Crippen molar-refractivity contribution in [3.8, 4) is 50.3 Å². The molecule has 0 N–H and O–H groups in total. The topological polar surface area (TPSA) is 48.2 Å². The van der Waals surface area contributed by atoms with Crippen molar-refractivity contribution in [2.24, 2.45) is 0 Å². The lowest BCUT2D eigenvalue weighted by atomic mass is 9.88. The van der Waals surface area contributed by atoms with Crippen molar-refractivity contribution in [1.82, 2.24) is 9.97 Å². The molecule has 0 spiro atoms. The fourth-order valence-electron chi connectivity index (χ4n) is 7.39. The minimum absolute atomic E-state index is 0.00606. The summed E-state index contributed by atoms with van der Waals surface area (Å²) in [6.45, 7) is 0. The van der Waals surface area contributed by atoms with Crippen LogP contribution in [0.15, 0.2) is 175 Å². The molecule has 4 nitrogen and oxygen atoms in total. The summed E-state index contributed by atoms with van der Waals surface area (Å²) in [5.74, 6) is 1.01. The Labute approximate surface area is 289 Å². The SMILES string of the molecule is C1=CC2Oc3cccnc3C2C=C1c1cccc(-c2cccc(-c3cccc(-c4cccc(-c5ccc6oc7cccnc7c6c5)c4)c3)c2)c1. The van der Waals surface area contributed by atoms with Crippen LogP contribution in [0.2, 0.25) is 0 Å². The molecule has 4 heteroatoms. The highest BCUT2D eigenvalue weighted by Crippen LogP contribution is 2.42. The molecule has 236 valence electrons. The van der Waals surface area contributed by atoms with Crippen LogP contribution in [0, 0.1) is 0 Å². The Morgan fingerprint density at radius 2 is 1.04 bits per heavy atom. The van der Waals surface area contributed by atoms with E-state index in [1.54, 1.807) is 0 Å². The second-order valence-electron chi connectivity index (χ2n) is 13.0. The van der Waals surface area contributed by atoms with E-state index in [4.69, 9.17) is 9.15 Å². The third-order valence-corrected chi connectivity index (χ3v) is 9.90. The first-order valence-corrected chi connectivity index (χ1v) is 16.9. The van der Waals surface area contributed by atoms with Gasteiger partial charge in [-0.3, -0.25) is 9.97 Å². The van der Waals surface area contributed by atoms with Crippen molar-refractivity contribution in [1.29, 1.82) is 0 Å². The van der Waals surface area contributed by atoms with E-state index in [9.17, 15) is 0 Å². The summed E-state index contributed by atoms with van der Waals surface area (Å²) in [6.07, 6.45) is 10.3. The Morgan fingerprint density at radius 3 is 1.70 bits per heavy atom. The summed E-state index contributed by atoms with van der Waals surface area (Å²) in [4.78, 5) is 9.20. The zero-order valence-corrected chi connectivity index (χ0v) is 27.0. The largest absolute Gasteiger partial charge is 0.483 e. The number of hydrogen-bond donors (Lipinski definition) is 0. The Bertz CT molecular complexity index is 2660. The third kappa shape index (κ3) is 4.92. The Balaban J connectivity index is 0.947. The molecule has 50 heavy (non-hydrogen) atoms. The van der Waals surface area contributed by atoms with Crippen molar-refractivity contribution in [2.75, 3.05) is 0 Å². The van der Waals surface area contributed by atoms with Gasteiger partial charge < -0.3 is 9.15 Å². The molecule has 3 aromatic heterocycles. The summed E-state index contributed by atoms with van der Waals surface area (Å²) < 4.78 is 12.1. The molecular formula is C46H30N2O2. The van der Waals surface area contributed by atoms with Crippen LogP contribution < -0.4 is 4.74 Å². The van der Waals surface area contributed by atoms with E-state index in [0.29, 0.717) is 0 Å².